The molecule has 23 heavy (non-hydrogen) atoms. The van der Waals surface area contributed by atoms with Crippen LogP contribution in [-0.2, 0) is 0 Å². The second kappa shape index (κ2) is 5.73. The number of rotatable bonds is 3. The van der Waals surface area contributed by atoms with E-state index in [4.69, 9.17) is 0 Å². The summed E-state index contributed by atoms with van der Waals surface area (Å²) in [6, 6.07) is 8.12. The molecule has 116 valence electrons. The minimum Gasteiger partial charge on any atom is -0.320 e. The van der Waals surface area contributed by atoms with Gasteiger partial charge in [0.25, 0.3) is 11.6 Å². The molecule has 0 saturated carbocycles. The number of aromatic nitrogens is 2. The molecule has 8 heteroatoms. The molecule has 0 spiro atoms. The summed E-state index contributed by atoms with van der Waals surface area (Å²) in [5.41, 5.74) is 3.25. The number of hydrogen-bond acceptors (Lipinski definition) is 6. The number of nitrogens with zero attached hydrogens (tertiary/aromatic N) is 3. The third-order valence-electron chi connectivity index (χ3n) is 3.62. The Morgan fingerprint density at radius 3 is 2.74 bits per heavy atom. The molecule has 0 fully saturated rings. The second-order valence-electron chi connectivity index (χ2n) is 5.05. The average Bonchev–Trinajstić information content (AvgIpc) is 2.98. The van der Waals surface area contributed by atoms with Crippen LogP contribution in [0.25, 0.3) is 11.0 Å². The molecule has 0 bridgehead atoms. The molecule has 3 aromatic rings. The molecule has 1 aromatic heterocycles. The summed E-state index contributed by atoms with van der Waals surface area (Å²) in [6.07, 6.45) is 0. The summed E-state index contributed by atoms with van der Waals surface area (Å²) in [7, 11) is 0. The monoisotopic (exact) mass is 328 g/mol. The number of benzene rings is 2. The fourth-order valence-electron chi connectivity index (χ4n) is 2.36. The van der Waals surface area contributed by atoms with E-state index in [-0.39, 0.29) is 11.3 Å². The molecule has 3 rings (SSSR count). The van der Waals surface area contributed by atoms with Gasteiger partial charge in [-0.05, 0) is 31.5 Å². The van der Waals surface area contributed by atoms with E-state index >= 15 is 0 Å². The largest absolute Gasteiger partial charge is 0.320 e. The maximum Gasteiger partial charge on any atom is 0.273 e. The van der Waals surface area contributed by atoms with Crippen molar-refractivity contribution in [2.75, 3.05) is 5.32 Å². The van der Waals surface area contributed by atoms with Gasteiger partial charge in [0.1, 0.15) is 11.0 Å². The third kappa shape index (κ3) is 2.64. The lowest BCUT2D eigenvalue weighted by Gasteiger charge is -2.10. The summed E-state index contributed by atoms with van der Waals surface area (Å²) in [5.74, 6) is -0.408. The molecule has 1 N–H and O–H groups in total. The highest BCUT2D eigenvalue weighted by Gasteiger charge is 2.19. The van der Waals surface area contributed by atoms with Gasteiger partial charge < -0.3 is 5.32 Å². The van der Waals surface area contributed by atoms with E-state index in [9.17, 15) is 14.9 Å². The Labute approximate surface area is 135 Å². The Balaban J connectivity index is 2.02. The number of nitro groups is 1. The van der Waals surface area contributed by atoms with Crippen LogP contribution >= 0.6 is 11.7 Å². The van der Waals surface area contributed by atoms with Gasteiger partial charge in [-0.25, -0.2) is 0 Å². The van der Waals surface area contributed by atoms with E-state index in [1.165, 1.54) is 12.1 Å². The number of amides is 1. The third-order valence-corrected chi connectivity index (χ3v) is 4.16. The zero-order valence-corrected chi connectivity index (χ0v) is 13.2. The number of aryl methyl sites for hydroxylation is 1. The van der Waals surface area contributed by atoms with Crippen molar-refractivity contribution in [3.05, 3.63) is 57.1 Å². The van der Waals surface area contributed by atoms with Crippen molar-refractivity contribution in [2.45, 2.75) is 13.8 Å². The maximum absolute atomic E-state index is 12.5. The highest BCUT2D eigenvalue weighted by atomic mass is 32.1. The molecule has 2 aromatic carbocycles. The molecule has 1 heterocycles. The van der Waals surface area contributed by atoms with Crippen molar-refractivity contribution in [2.24, 2.45) is 0 Å². The summed E-state index contributed by atoms with van der Waals surface area (Å²) < 4.78 is 8.35. The van der Waals surface area contributed by atoms with Crippen LogP contribution in [0.3, 0.4) is 0 Å². The SMILES string of the molecule is Cc1ccc2nsnc2c1NC(=O)c1cccc([N+](=O)[O-])c1C. The van der Waals surface area contributed by atoms with Crippen LogP contribution in [0.5, 0.6) is 0 Å². The van der Waals surface area contributed by atoms with Crippen LogP contribution in [-0.4, -0.2) is 19.6 Å². The first-order valence-corrected chi connectivity index (χ1v) is 7.49. The predicted octanol–water partition coefficient (Wildman–Crippen LogP) is 3.47. The minimum absolute atomic E-state index is 0.0806. The Kier molecular flexibility index (Phi) is 3.75. The lowest BCUT2D eigenvalue weighted by Crippen LogP contribution is -2.15. The van der Waals surface area contributed by atoms with Crippen molar-refractivity contribution in [3.8, 4) is 0 Å². The fraction of sp³-hybridized carbons (Fsp3) is 0.133. The summed E-state index contributed by atoms with van der Waals surface area (Å²) in [4.78, 5) is 23.1. The van der Waals surface area contributed by atoms with Gasteiger partial charge in [0.15, 0.2) is 0 Å². The van der Waals surface area contributed by atoms with Gasteiger partial charge in [-0.2, -0.15) is 8.75 Å². The van der Waals surface area contributed by atoms with Gasteiger partial charge in [-0.3, -0.25) is 14.9 Å². The van der Waals surface area contributed by atoms with Crippen LogP contribution in [0.1, 0.15) is 21.5 Å². The molecule has 0 aliphatic heterocycles. The van der Waals surface area contributed by atoms with Gasteiger partial charge >= 0.3 is 0 Å². The number of fused-ring (bicyclic) bond motifs is 1. The van der Waals surface area contributed by atoms with E-state index in [1.54, 1.807) is 13.0 Å². The molecule has 7 nitrogen and oxygen atoms in total. The fourth-order valence-corrected chi connectivity index (χ4v) is 2.90. The van der Waals surface area contributed by atoms with Gasteiger partial charge in [0, 0.05) is 17.2 Å². The summed E-state index contributed by atoms with van der Waals surface area (Å²) in [6.45, 7) is 3.42. The number of anilines is 1. The van der Waals surface area contributed by atoms with Gasteiger partial charge in [0.05, 0.1) is 22.3 Å². The molecule has 1 amide bonds. The zero-order valence-electron chi connectivity index (χ0n) is 12.4. The highest BCUT2D eigenvalue weighted by molar-refractivity contribution is 7.00. The Morgan fingerprint density at radius 1 is 1.22 bits per heavy atom. The topological polar surface area (TPSA) is 98.0 Å². The molecule has 0 aliphatic carbocycles. The standard InChI is InChI=1S/C15H12N4O3S/c1-8-6-7-11-14(18-23-17-11)13(8)16-15(20)10-4-3-5-12(9(10)2)19(21)22/h3-7H,1-2H3,(H,16,20). The molecule has 0 saturated heterocycles. The lowest BCUT2D eigenvalue weighted by atomic mass is 10.1. The Hall–Kier alpha value is -2.87. The predicted molar refractivity (Wildman–Crippen MR) is 87.9 cm³/mol. The number of nitrogens with one attached hydrogen (secondary N) is 1. The van der Waals surface area contributed by atoms with Crippen LogP contribution in [0.2, 0.25) is 0 Å². The summed E-state index contributed by atoms with van der Waals surface area (Å²) in [5, 5.41) is 13.8. The smallest absolute Gasteiger partial charge is 0.273 e. The molecular weight excluding hydrogens is 316 g/mol. The first-order chi connectivity index (χ1) is 11.0. The molecule has 0 radical (unpaired) electrons. The highest BCUT2D eigenvalue weighted by Crippen LogP contribution is 2.27. The first kappa shape index (κ1) is 15.0. The van der Waals surface area contributed by atoms with Gasteiger partial charge in [-0.1, -0.05) is 12.1 Å². The van der Waals surface area contributed by atoms with E-state index in [1.807, 2.05) is 19.1 Å². The van der Waals surface area contributed by atoms with E-state index < -0.39 is 10.8 Å². The van der Waals surface area contributed by atoms with E-state index in [0.29, 0.717) is 22.3 Å². The zero-order chi connectivity index (χ0) is 16.6. The summed E-state index contributed by atoms with van der Waals surface area (Å²) >= 11 is 1.07. The van der Waals surface area contributed by atoms with E-state index in [2.05, 4.69) is 14.1 Å². The molecule has 0 aliphatic rings. The number of carbonyl (C=O) groups is 1. The van der Waals surface area contributed by atoms with Crippen LogP contribution in [0, 0.1) is 24.0 Å². The van der Waals surface area contributed by atoms with Gasteiger partial charge in [-0.15, -0.1) is 0 Å². The number of nitro benzene ring substituents is 1. The van der Waals surface area contributed by atoms with Crippen molar-refractivity contribution in [3.63, 3.8) is 0 Å². The average molecular weight is 328 g/mol. The normalized spacial score (nSPS) is 10.7. The first-order valence-electron chi connectivity index (χ1n) is 6.76. The second-order valence-corrected chi connectivity index (χ2v) is 5.58. The van der Waals surface area contributed by atoms with Crippen molar-refractivity contribution >= 4 is 40.0 Å². The molecular formula is C15H12N4O3S. The maximum atomic E-state index is 12.5. The van der Waals surface area contributed by atoms with Crippen molar-refractivity contribution in [1.29, 1.82) is 0 Å². The quantitative estimate of drug-likeness (QED) is 0.586. The van der Waals surface area contributed by atoms with Crippen LogP contribution in [0.15, 0.2) is 30.3 Å². The molecule has 0 atom stereocenters. The van der Waals surface area contributed by atoms with Gasteiger partial charge in [0.2, 0.25) is 0 Å². The minimum atomic E-state index is -0.498. The Bertz CT molecular complexity index is 936. The van der Waals surface area contributed by atoms with Crippen molar-refractivity contribution in [1.82, 2.24) is 8.75 Å². The number of carbonyl (C=O) groups excluding carboxylic acids is 1. The van der Waals surface area contributed by atoms with Crippen LogP contribution < -0.4 is 5.32 Å². The Morgan fingerprint density at radius 2 is 2.00 bits per heavy atom. The van der Waals surface area contributed by atoms with Crippen molar-refractivity contribution < 1.29 is 9.72 Å². The van der Waals surface area contributed by atoms with E-state index in [0.717, 1.165) is 17.3 Å². The lowest BCUT2D eigenvalue weighted by molar-refractivity contribution is -0.385. The van der Waals surface area contributed by atoms with Crippen LogP contribution in [0.4, 0.5) is 11.4 Å². The molecule has 0 unspecified atom stereocenters. The number of hydrogen-bond donors (Lipinski definition) is 1.